The standard InChI is InChI=1S/C20H16ClFN4O4S/c1-29-20-15(9-14(22)18(21)25-20)26-31(27,28)16-10-23-19-13(16)7-8-17(24-19)30-11-12-5-3-2-4-6-12/h2-10,26H,11H2,1H3,(H,23,24). The van der Waals surface area contributed by atoms with Gasteiger partial charge in [0.25, 0.3) is 10.0 Å². The van der Waals surface area contributed by atoms with E-state index in [1.807, 2.05) is 30.3 Å². The molecule has 2 N–H and O–H groups in total. The van der Waals surface area contributed by atoms with Gasteiger partial charge in [0, 0.05) is 23.7 Å². The van der Waals surface area contributed by atoms with Gasteiger partial charge < -0.3 is 14.5 Å². The number of halogens is 2. The van der Waals surface area contributed by atoms with Gasteiger partial charge >= 0.3 is 0 Å². The van der Waals surface area contributed by atoms with Gasteiger partial charge in [0.05, 0.1) is 7.11 Å². The highest BCUT2D eigenvalue weighted by Crippen LogP contribution is 2.31. The number of benzene rings is 1. The summed E-state index contributed by atoms with van der Waals surface area (Å²) >= 11 is 5.62. The van der Waals surface area contributed by atoms with Gasteiger partial charge in [-0.1, -0.05) is 41.9 Å². The first-order chi connectivity index (χ1) is 14.9. The Morgan fingerprint density at radius 2 is 1.94 bits per heavy atom. The monoisotopic (exact) mass is 462 g/mol. The van der Waals surface area contributed by atoms with Crippen LogP contribution in [0, 0.1) is 5.82 Å². The summed E-state index contributed by atoms with van der Waals surface area (Å²) in [5.41, 5.74) is 1.11. The van der Waals surface area contributed by atoms with Gasteiger partial charge in [0.2, 0.25) is 11.8 Å². The molecule has 1 aromatic carbocycles. The van der Waals surface area contributed by atoms with E-state index in [9.17, 15) is 12.8 Å². The number of hydrogen-bond acceptors (Lipinski definition) is 6. The summed E-state index contributed by atoms with van der Waals surface area (Å²) in [6, 6.07) is 13.6. The van der Waals surface area contributed by atoms with Crippen molar-refractivity contribution in [3.8, 4) is 11.8 Å². The van der Waals surface area contributed by atoms with Crippen molar-refractivity contribution in [2.24, 2.45) is 0 Å². The van der Waals surface area contributed by atoms with Crippen LogP contribution in [0.15, 0.2) is 59.6 Å². The summed E-state index contributed by atoms with van der Waals surface area (Å²) in [7, 11) is -2.85. The Labute approximate surface area is 182 Å². The lowest BCUT2D eigenvalue weighted by atomic mass is 10.2. The van der Waals surface area contributed by atoms with Gasteiger partial charge in [-0.05, 0) is 11.6 Å². The largest absolute Gasteiger partial charge is 0.479 e. The molecule has 0 atom stereocenters. The summed E-state index contributed by atoms with van der Waals surface area (Å²) in [6.45, 7) is 0.321. The van der Waals surface area contributed by atoms with Crippen LogP contribution in [0.5, 0.6) is 11.8 Å². The van der Waals surface area contributed by atoms with Crippen molar-refractivity contribution in [3.05, 3.63) is 71.3 Å². The third-order valence-electron chi connectivity index (χ3n) is 4.33. The van der Waals surface area contributed by atoms with E-state index < -0.39 is 21.0 Å². The second kappa shape index (κ2) is 8.40. The van der Waals surface area contributed by atoms with E-state index in [0.29, 0.717) is 23.5 Å². The highest BCUT2D eigenvalue weighted by atomic mass is 35.5. The number of nitrogens with one attached hydrogen (secondary N) is 2. The molecule has 31 heavy (non-hydrogen) atoms. The van der Waals surface area contributed by atoms with Crippen LogP contribution < -0.4 is 14.2 Å². The molecule has 0 unspecified atom stereocenters. The zero-order chi connectivity index (χ0) is 22.0. The summed E-state index contributed by atoms with van der Waals surface area (Å²) in [4.78, 5) is 10.7. The van der Waals surface area contributed by atoms with Gasteiger partial charge in [-0.15, -0.1) is 0 Å². The van der Waals surface area contributed by atoms with Crippen molar-refractivity contribution in [1.82, 2.24) is 15.0 Å². The molecule has 0 saturated carbocycles. The summed E-state index contributed by atoms with van der Waals surface area (Å²) in [5, 5.41) is -0.0972. The Morgan fingerprint density at radius 1 is 1.16 bits per heavy atom. The number of methoxy groups -OCH3 is 1. The highest BCUT2D eigenvalue weighted by Gasteiger charge is 2.23. The van der Waals surface area contributed by atoms with Gasteiger partial charge in [0.15, 0.2) is 11.0 Å². The van der Waals surface area contributed by atoms with Crippen molar-refractivity contribution in [3.63, 3.8) is 0 Å². The van der Waals surface area contributed by atoms with Crippen molar-refractivity contribution >= 4 is 38.3 Å². The maximum atomic E-state index is 13.8. The SMILES string of the molecule is COc1nc(Cl)c(F)cc1NS(=O)(=O)c1c[nH]c2nc(OCc3ccccc3)ccc12. The number of sulfonamides is 1. The molecule has 0 aliphatic carbocycles. The molecule has 4 rings (SSSR count). The number of fused-ring (bicyclic) bond motifs is 1. The molecule has 0 amide bonds. The molecule has 0 fully saturated rings. The van der Waals surface area contributed by atoms with Crippen LogP contribution in [0.25, 0.3) is 11.0 Å². The van der Waals surface area contributed by atoms with Crippen molar-refractivity contribution in [1.29, 1.82) is 0 Å². The van der Waals surface area contributed by atoms with Gasteiger partial charge in [-0.3, -0.25) is 4.72 Å². The molecule has 11 heteroatoms. The van der Waals surface area contributed by atoms with Crippen LogP contribution in [0.4, 0.5) is 10.1 Å². The number of anilines is 1. The number of nitrogens with zero attached hydrogens (tertiary/aromatic N) is 2. The van der Waals surface area contributed by atoms with Gasteiger partial charge in [-0.25, -0.2) is 12.8 Å². The maximum absolute atomic E-state index is 13.8. The molecule has 0 aliphatic heterocycles. The van der Waals surface area contributed by atoms with Gasteiger partial charge in [-0.2, -0.15) is 9.97 Å². The minimum atomic E-state index is -4.12. The third-order valence-corrected chi connectivity index (χ3v) is 6.00. The number of hydrogen-bond donors (Lipinski definition) is 2. The zero-order valence-corrected chi connectivity index (χ0v) is 17.7. The quantitative estimate of drug-likeness (QED) is 0.400. The van der Waals surface area contributed by atoms with Crippen LogP contribution in [0.1, 0.15) is 5.56 Å². The van der Waals surface area contributed by atoms with E-state index in [1.54, 1.807) is 12.1 Å². The summed E-state index contributed by atoms with van der Waals surface area (Å²) in [6.07, 6.45) is 1.28. The fraction of sp³-hybridized carbons (Fsp3) is 0.100. The average molecular weight is 463 g/mol. The van der Waals surface area contributed by atoms with Crippen molar-refractivity contribution < 1.29 is 22.3 Å². The first kappa shape index (κ1) is 20.9. The number of H-pyrrole nitrogens is 1. The highest BCUT2D eigenvalue weighted by molar-refractivity contribution is 7.93. The number of ether oxygens (including phenoxy) is 2. The molecule has 160 valence electrons. The molecule has 3 aromatic heterocycles. The predicted molar refractivity (Wildman–Crippen MR) is 113 cm³/mol. The minimum Gasteiger partial charge on any atom is -0.479 e. The average Bonchev–Trinajstić information content (AvgIpc) is 3.19. The normalized spacial score (nSPS) is 11.5. The lowest BCUT2D eigenvalue weighted by Gasteiger charge is -2.11. The van der Waals surface area contributed by atoms with Crippen molar-refractivity contribution in [2.75, 3.05) is 11.8 Å². The topological polar surface area (TPSA) is 106 Å². The van der Waals surface area contributed by atoms with Crippen molar-refractivity contribution in [2.45, 2.75) is 11.5 Å². The Kier molecular flexibility index (Phi) is 5.66. The smallest absolute Gasteiger partial charge is 0.264 e. The Balaban J connectivity index is 1.60. The molecule has 0 bridgehead atoms. The molecule has 0 spiro atoms. The number of rotatable bonds is 7. The first-order valence-corrected chi connectivity index (χ1v) is 10.8. The van der Waals surface area contributed by atoms with Crippen LogP contribution >= 0.6 is 11.6 Å². The molecule has 0 radical (unpaired) electrons. The fourth-order valence-electron chi connectivity index (χ4n) is 2.88. The minimum absolute atomic E-state index is 0.0815. The summed E-state index contributed by atoms with van der Waals surface area (Å²) < 4.78 is 52.5. The number of aromatic nitrogens is 3. The number of aromatic amines is 1. The number of pyridine rings is 2. The molecular formula is C20H16ClFN4O4S. The van der Waals surface area contributed by atoms with Crippen LogP contribution in [0.2, 0.25) is 5.15 Å². The summed E-state index contributed by atoms with van der Waals surface area (Å²) in [5.74, 6) is -0.716. The van der Waals surface area contributed by atoms with Crippen LogP contribution in [0.3, 0.4) is 0 Å². The second-order valence-corrected chi connectivity index (χ2v) is 8.41. The third kappa shape index (κ3) is 4.39. The first-order valence-electron chi connectivity index (χ1n) is 8.95. The van der Waals surface area contributed by atoms with E-state index >= 15 is 0 Å². The van der Waals surface area contributed by atoms with Crippen LogP contribution in [-0.4, -0.2) is 30.5 Å². The molecule has 8 nitrogen and oxygen atoms in total. The van der Waals surface area contributed by atoms with E-state index in [0.717, 1.165) is 11.6 Å². The lowest BCUT2D eigenvalue weighted by Crippen LogP contribution is -2.14. The van der Waals surface area contributed by atoms with E-state index in [-0.39, 0.29) is 16.5 Å². The van der Waals surface area contributed by atoms with E-state index in [1.165, 1.54) is 13.3 Å². The second-order valence-electron chi connectivity index (χ2n) is 6.40. The molecule has 3 heterocycles. The molecule has 4 aromatic rings. The Bertz CT molecular complexity index is 1350. The lowest BCUT2D eigenvalue weighted by molar-refractivity contribution is 0.295. The molecule has 0 aliphatic rings. The molecule has 0 saturated heterocycles. The van der Waals surface area contributed by atoms with E-state index in [4.69, 9.17) is 21.1 Å². The predicted octanol–water partition coefficient (Wildman–Crippen LogP) is 4.14. The zero-order valence-electron chi connectivity index (χ0n) is 16.1. The van der Waals surface area contributed by atoms with Gasteiger partial charge in [0.1, 0.15) is 22.8 Å². The Hall–Kier alpha value is -3.37. The van der Waals surface area contributed by atoms with E-state index in [2.05, 4.69) is 19.7 Å². The Morgan fingerprint density at radius 3 is 2.68 bits per heavy atom. The van der Waals surface area contributed by atoms with Crippen LogP contribution in [-0.2, 0) is 16.6 Å². The molecular weight excluding hydrogens is 447 g/mol. The maximum Gasteiger partial charge on any atom is 0.264 e. The fourth-order valence-corrected chi connectivity index (χ4v) is 4.22.